The van der Waals surface area contributed by atoms with Crippen LogP contribution in [0.4, 0.5) is 0 Å². The molecule has 5 aliphatic rings. The van der Waals surface area contributed by atoms with E-state index in [1.807, 2.05) is 12.2 Å². The molecular formula is C16H17NO6. The summed E-state index contributed by atoms with van der Waals surface area (Å²) < 4.78 is 11.4. The number of amides is 1. The number of carbonyl (C=O) groups excluding carboxylic acids is 2. The Kier molecular flexibility index (Phi) is 2.56. The fraction of sp³-hybridized carbons (Fsp3) is 0.688. The average molecular weight is 319 g/mol. The van der Waals surface area contributed by atoms with Gasteiger partial charge < -0.3 is 19.9 Å². The highest BCUT2D eigenvalue weighted by molar-refractivity contribution is 5.85. The van der Waals surface area contributed by atoms with Crippen LogP contribution < -0.4 is 5.32 Å². The van der Waals surface area contributed by atoms with Crippen molar-refractivity contribution >= 4 is 17.8 Å². The molecule has 3 heterocycles. The molecule has 4 fully saturated rings. The molecule has 0 aromatic carbocycles. The maximum Gasteiger partial charge on any atom is 0.310 e. The van der Waals surface area contributed by atoms with E-state index in [9.17, 15) is 19.5 Å². The van der Waals surface area contributed by atoms with Crippen LogP contribution in [-0.4, -0.2) is 47.3 Å². The summed E-state index contributed by atoms with van der Waals surface area (Å²) in [6.07, 6.45) is 4.15. The van der Waals surface area contributed by atoms with Crippen molar-refractivity contribution in [3.8, 4) is 0 Å². The zero-order valence-corrected chi connectivity index (χ0v) is 12.3. The second-order valence-electron chi connectivity index (χ2n) is 7.26. The molecular weight excluding hydrogens is 302 g/mol. The van der Waals surface area contributed by atoms with Crippen LogP contribution in [0.1, 0.15) is 12.8 Å². The van der Waals surface area contributed by atoms with Gasteiger partial charge in [-0.3, -0.25) is 14.4 Å². The Morgan fingerprint density at radius 1 is 1.22 bits per heavy atom. The SMILES string of the molecule is O=C1NC2C(OC(=O)C3C4C=CC(C4)C3C(=O)O)C3CC1C2O3. The lowest BCUT2D eigenvalue weighted by molar-refractivity contribution is -0.165. The molecule has 1 saturated carbocycles. The number of carboxylic acid groups (broad SMARTS) is 1. The summed E-state index contributed by atoms with van der Waals surface area (Å²) in [6.45, 7) is 0. The predicted octanol–water partition coefficient (Wildman–Crippen LogP) is -0.293. The molecule has 9 atom stereocenters. The normalized spacial score (nSPS) is 51.3. The van der Waals surface area contributed by atoms with Crippen molar-refractivity contribution in [2.45, 2.75) is 37.2 Å². The molecule has 7 nitrogen and oxygen atoms in total. The van der Waals surface area contributed by atoms with Crippen molar-refractivity contribution in [1.29, 1.82) is 0 Å². The number of esters is 1. The Bertz CT molecular complexity index is 644. The van der Waals surface area contributed by atoms with Gasteiger partial charge in [0.25, 0.3) is 0 Å². The Hall–Kier alpha value is -1.89. The van der Waals surface area contributed by atoms with Gasteiger partial charge in [-0.2, -0.15) is 0 Å². The van der Waals surface area contributed by atoms with Gasteiger partial charge in [-0.25, -0.2) is 0 Å². The van der Waals surface area contributed by atoms with Gasteiger partial charge in [-0.15, -0.1) is 0 Å². The minimum atomic E-state index is -0.942. The van der Waals surface area contributed by atoms with Gasteiger partial charge in [0.05, 0.1) is 36.0 Å². The van der Waals surface area contributed by atoms with Crippen molar-refractivity contribution in [2.75, 3.05) is 0 Å². The number of ether oxygens (including phenoxy) is 2. The molecule has 7 heteroatoms. The third-order valence-electron chi connectivity index (χ3n) is 6.20. The highest BCUT2D eigenvalue weighted by Crippen LogP contribution is 2.50. The zero-order valence-electron chi connectivity index (χ0n) is 12.3. The Balaban J connectivity index is 1.36. The summed E-state index contributed by atoms with van der Waals surface area (Å²) in [4.78, 5) is 36.0. The van der Waals surface area contributed by atoms with Gasteiger partial charge in [-0.1, -0.05) is 12.2 Å². The van der Waals surface area contributed by atoms with Crippen molar-refractivity contribution < 1.29 is 29.0 Å². The van der Waals surface area contributed by atoms with Crippen LogP contribution in [0.3, 0.4) is 0 Å². The predicted molar refractivity (Wildman–Crippen MR) is 73.9 cm³/mol. The first kappa shape index (κ1) is 13.5. The van der Waals surface area contributed by atoms with Crippen molar-refractivity contribution in [3.05, 3.63) is 12.2 Å². The topological polar surface area (TPSA) is 102 Å². The second-order valence-corrected chi connectivity index (χ2v) is 7.26. The molecule has 9 unspecified atom stereocenters. The highest BCUT2D eigenvalue weighted by Gasteiger charge is 2.63. The van der Waals surface area contributed by atoms with E-state index in [0.29, 0.717) is 12.8 Å². The fourth-order valence-corrected chi connectivity index (χ4v) is 5.24. The number of hydrogen-bond donors (Lipinski definition) is 2. The fourth-order valence-electron chi connectivity index (χ4n) is 5.24. The third-order valence-corrected chi connectivity index (χ3v) is 6.20. The maximum absolute atomic E-state index is 12.7. The monoisotopic (exact) mass is 319 g/mol. The summed E-state index contributed by atoms with van der Waals surface area (Å²) in [7, 11) is 0. The quantitative estimate of drug-likeness (QED) is 0.547. The van der Waals surface area contributed by atoms with Gasteiger partial charge >= 0.3 is 11.9 Å². The number of carboxylic acids is 1. The molecule has 23 heavy (non-hydrogen) atoms. The largest absolute Gasteiger partial charge is 0.481 e. The van der Waals surface area contributed by atoms with Crippen LogP contribution >= 0.6 is 0 Å². The standard InChI is InChI=1S/C16H17NO6/c18-14-7-4-8-13(11(17-14)12(7)22-8)23-16(21)10-6-2-1-5(3-6)9(10)15(19)20/h1-2,5-13H,3-4H2,(H,17,18)(H,19,20). The first-order valence-corrected chi connectivity index (χ1v) is 8.12. The van der Waals surface area contributed by atoms with E-state index in [2.05, 4.69) is 5.32 Å². The summed E-state index contributed by atoms with van der Waals surface area (Å²) in [5.41, 5.74) is 0. The van der Waals surface area contributed by atoms with Crippen LogP contribution in [0.2, 0.25) is 0 Å². The van der Waals surface area contributed by atoms with Crippen LogP contribution in [0.25, 0.3) is 0 Å². The molecule has 0 aromatic rings. The smallest absolute Gasteiger partial charge is 0.310 e. The zero-order chi connectivity index (χ0) is 15.9. The number of hydrogen-bond acceptors (Lipinski definition) is 5. The molecule has 2 N–H and O–H groups in total. The molecule has 4 bridgehead atoms. The van der Waals surface area contributed by atoms with Gasteiger partial charge in [-0.05, 0) is 24.7 Å². The lowest BCUT2D eigenvalue weighted by Crippen LogP contribution is -2.46. The number of aliphatic carboxylic acids is 1. The van der Waals surface area contributed by atoms with E-state index in [0.717, 1.165) is 0 Å². The third kappa shape index (κ3) is 1.66. The van der Waals surface area contributed by atoms with E-state index >= 15 is 0 Å². The first-order valence-electron chi connectivity index (χ1n) is 8.12. The number of carbonyl (C=O) groups is 3. The van der Waals surface area contributed by atoms with E-state index in [4.69, 9.17) is 9.47 Å². The highest BCUT2D eigenvalue weighted by atomic mass is 16.6. The molecule has 122 valence electrons. The molecule has 1 amide bonds. The van der Waals surface area contributed by atoms with Crippen LogP contribution in [0, 0.1) is 29.6 Å². The summed E-state index contributed by atoms with van der Waals surface area (Å²) in [5.74, 6) is -3.04. The molecule has 3 saturated heterocycles. The van der Waals surface area contributed by atoms with Crippen molar-refractivity contribution in [3.63, 3.8) is 0 Å². The second kappa shape index (κ2) is 4.35. The minimum Gasteiger partial charge on any atom is -0.481 e. The summed E-state index contributed by atoms with van der Waals surface area (Å²) in [5, 5.41) is 12.3. The lowest BCUT2D eigenvalue weighted by Gasteiger charge is -2.28. The Labute approximate surface area is 132 Å². The van der Waals surface area contributed by atoms with Gasteiger partial charge in [0.2, 0.25) is 5.91 Å². The molecule has 0 aromatic heterocycles. The molecule has 3 aliphatic heterocycles. The first-order chi connectivity index (χ1) is 11.0. The molecule has 2 aliphatic carbocycles. The number of fused-ring (bicyclic) bond motifs is 3. The average Bonchev–Trinajstić information content (AvgIpc) is 3.27. The van der Waals surface area contributed by atoms with Crippen LogP contribution in [-0.2, 0) is 23.9 Å². The van der Waals surface area contributed by atoms with Gasteiger partial charge in [0.1, 0.15) is 0 Å². The Morgan fingerprint density at radius 2 is 1.96 bits per heavy atom. The summed E-state index contributed by atoms with van der Waals surface area (Å²) >= 11 is 0. The van der Waals surface area contributed by atoms with E-state index in [1.165, 1.54) is 0 Å². The Morgan fingerprint density at radius 3 is 2.70 bits per heavy atom. The van der Waals surface area contributed by atoms with E-state index in [-0.39, 0.29) is 41.9 Å². The van der Waals surface area contributed by atoms with Gasteiger partial charge in [0, 0.05) is 0 Å². The molecule has 0 radical (unpaired) electrons. The van der Waals surface area contributed by atoms with E-state index in [1.54, 1.807) is 0 Å². The number of allylic oxidation sites excluding steroid dienone is 2. The maximum atomic E-state index is 12.7. The van der Waals surface area contributed by atoms with Crippen LogP contribution in [0.15, 0.2) is 12.2 Å². The van der Waals surface area contributed by atoms with Crippen molar-refractivity contribution in [2.24, 2.45) is 29.6 Å². The number of nitrogens with one attached hydrogen (secondary N) is 1. The molecule has 0 spiro atoms. The number of rotatable bonds is 3. The minimum absolute atomic E-state index is 0.0349. The van der Waals surface area contributed by atoms with E-state index < -0.39 is 29.9 Å². The lowest BCUT2D eigenvalue weighted by atomic mass is 9.83. The van der Waals surface area contributed by atoms with Crippen molar-refractivity contribution in [1.82, 2.24) is 5.32 Å². The van der Waals surface area contributed by atoms with Gasteiger partial charge in [0.15, 0.2) is 6.10 Å². The molecule has 5 rings (SSSR count). The van der Waals surface area contributed by atoms with Crippen LogP contribution in [0.5, 0.6) is 0 Å². The summed E-state index contributed by atoms with van der Waals surface area (Å²) in [6, 6.07) is -0.285.